The second kappa shape index (κ2) is 6.55. The number of unbranched alkanes of at least 4 members (excludes halogenated alkanes) is 1. The van der Waals surface area contributed by atoms with Gasteiger partial charge in [0.25, 0.3) is 5.91 Å². The highest BCUT2D eigenvalue weighted by molar-refractivity contribution is 5.97. The molecule has 0 aromatic heterocycles. The van der Waals surface area contributed by atoms with Gasteiger partial charge in [0.05, 0.1) is 0 Å². The van der Waals surface area contributed by atoms with Crippen LogP contribution in [0, 0.1) is 0 Å². The zero-order valence-corrected chi connectivity index (χ0v) is 12.6. The Balaban J connectivity index is 2.85. The first-order chi connectivity index (χ1) is 9.30. The molecule has 20 heavy (non-hydrogen) atoms. The maximum Gasteiger partial charge on any atom is 0.329 e. The molecular formula is C16H23NO3. The summed E-state index contributed by atoms with van der Waals surface area (Å²) in [6.45, 7) is 5.17. The lowest BCUT2D eigenvalue weighted by Gasteiger charge is -2.31. The van der Waals surface area contributed by atoms with Crippen LogP contribution in [0.3, 0.4) is 0 Å². The van der Waals surface area contributed by atoms with Crippen molar-refractivity contribution in [3.8, 4) is 0 Å². The van der Waals surface area contributed by atoms with Crippen molar-refractivity contribution in [3.63, 3.8) is 0 Å². The summed E-state index contributed by atoms with van der Waals surface area (Å²) >= 11 is 0. The van der Waals surface area contributed by atoms with Gasteiger partial charge in [-0.3, -0.25) is 4.79 Å². The highest BCUT2D eigenvalue weighted by Gasteiger charge is 2.35. The van der Waals surface area contributed by atoms with Crippen molar-refractivity contribution in [2.24, 2.45) is 0 Å². The smallest absolute Gasteiger partial charge is 0.329 e. The van der Waals surface area contributed by atoms with Crippen LogP contribution in [0.2, 0.25) is 0 Å². The van der Waals surface area contributed by atoms with E-state index in [1.165, 1.54) is 31.4 Å². The largest absolute Gasteiger partial charge is 0.480 e. The Morgan fingerprint density at radius 3 is 2.20 bits per heavy atom. The molecule has 0 unspecified atom stereocenters. The zero-order valence-electron chi connectivity index (χ0n) is 12.6. The summed E-state index contributed by atoms with van der Waals surface area (Å²) in [6.07, 6.45) is 3.26. The molecule has 1 rings (SSSR count). The molecule has 1 N–H and O–H groups in total. The molecule has 0 spiro atoms. The van der Waals surface area contributed by atoms with Crippen molar-refractivity contribution in [3.05, 3.63) is 35.4 Å². The number of carboxylic acid groups (broad SMARTS) is 1. The summed E-state index contributed by atoms with van der Waals surface area (Å²) in [4.78, 5) is 24.7. The Labute approximate surface area is 120 Å². The zero-order chi connectivity index (χ0) is 15.3. The predicted molar refractivity (Wildman–Crippen MR) is 78.9 cm³/mol. The van der Waals surface area contributed by atoms with Gasteiger partial charge in [0.2, 0.25) is 0 Å². The van der Waals surface area contributed by atoms with E-state index in [2.05, 4.69) is 6.92 Å². The van der Waals surface area contributed by atoms with E-state index < -0.39 is 11.5 Å². The average Bonchev–Trinajstić information content (AvgIpc) is 2.43. The van der Waals surface area contributed by atoms with E-state index in [9.17, 15) is 9.59 Å². The number of benzene rings is 1. The van der Waals surface area contributed by atoms with Crippen molar-refractivity contribution in [2.45, 2.75) is 45.6 Å². The maximum atomic E-state index is 12.3. The van der Waals surface area contributed by atoms with Crippen LogP contribution in [0.4, 0.5) is 0 Å². The summed E-state index contributed by atoms with van der Waals surface area (Å²) in [5.74, 6) is -1.30. The molecule has 110 valence electrons. The molecule has 0 saturated heterocycles. The number of carbonyl (C=O) groups excluding carboxylic acids is 1. The number of carboxylic acids is 1. The number of likely N-dealkylation sites (N-methyl/N-ethyl adjacent to an activating group) is 1. The van der Waals surface area contributed by atoms with Crippen LogP contribution in [0.15, 0.2) is 24.3 Å². The number of hydrogen-bond acceptors (Lipinski definition) is 2. The Morgan fingerprint density at radius 2 is 1.75 bits per heavy atom. The van der Waals surface area contributed by atoms with Gasteiger partial charge in [0.15, 0.2) is 0 Å². The normalized spacial score (nSPS) is 11.2. The molecule has 0 aliphatic rings. The van der Waals surface area contributed by atoms with Gasteiger partial charge >= 0.3 is 5.97 Å². The Bertz CT molecular complexity index is 477. The molecule has 0 heterocycles. The first-order valence-electron chi connectivity index (χ1n) is 6.91. The summed E-state index contributed by atoms with van der Waals surface area (Å²) in [5.41, 5.74) is 0.489. The van der Waals surface area contributed by atoms with Gasteiger partial charge in [0.1, 0.15) is 5.54 Å². The topological polar surface area (TPSA) is 57.6 Å². The minimum absolute atomic E-state index is 0.278. The fraction of sp³-hybridized carbons (Fsp3) is 0.500. The number of hydrogen-bond donors (Lipinski definition) is 1. The summed E-state index contributed by atoms with van der Waals surface area (Å²) in [7, 11) is 1.52. The quantitative estimate of drug-likeness (QED) is 0.869. The van der Waals surface area contributed by atoms with Crippen molar-refractivity contribution in [1.82, 2.24) is 4.90 Å². The van der Waals surface area contributed by atoms with E-state index in [0.29, 0.717) is 5.56 Å². The molecule has 0 aliphatic heterocycles. The number of nitrogens with zero attached hydrogens (tertiary/aromatic N) is 1. The molecular weight excluding hydrogens is 254 g/mol. The minimum Gasteiger partial charge on any atom is -0.480 e. The highest BCUT2D eigenvalue weighted by Crippen LogP contribution is 2.17. The van der Waals surface area contributed by atoms with Crippen molar-refractivity contribution < 1.29 is 14.7 Å². The number of aliphatic carboxylic acids is 1. The van der Waals surface area contributed by atoms with Gasteiger partial charge in [-0.25, -0.2) is 4.79 Å². The van der Waals surface area contributed by atoms with Crippen LogP contribution in [0.1, 0.15) is 49.5 Å². The SMILES string of the molecule is CCCCc1ccc(C(=O)N(C)C(C)(C)C(=O)O)cc1. The molecule has 0 atom stereocenters. The van der Waals surface area contributed by atoms with E-state index in [1.807, 2.05) is 12.1 Å². The average molecular weight is 277 g/mol. The molecule has 0 saturated carbocycles. The van der Waals surface area contributed by atoms with E-state index >= 15 is 0 Å². The van der Waals surface area contributed by atoms with Gasteiger partial charge in [-0.15, -0.1) is 0 Å². The third kappa shape index (κ3) is 3.59. The van der Waals surface area contributed by atoms with Crippen LogP contribution in [-0.2, 0) is 11.2 Å². The lowest BCUT2D eigenvalue weighted by molar-refractivity contribution is -0.147. The second-order valence-corrected chi connectivity index (χ2v) is 5.53. The minimum atomic E-state index is -1.22. The van der Waals surface area contributed by atoms with Crippen LogP contribution in [-0.4, -0.2) is 34.5 Å². The third-order valence-electron chi connectivity index (χ3n) is 3.69. The summed E-state index contributed by atoms with van der Waals surface area (Å²) < 4.78 is 0. The Kier molecular flexibility index (Phi) is 5.31. The van der Waals surface area contributed by atoms with Gasteiger partial charge in [-0.2, -0.15) is 0 Å². The van der Waals surface area contributed by atoms with Crippen molar-refractivity contribution >= 4 is 11.9 Å². The lowest BCUT2D eigenvalue weighted by atomic mass is 10.0. The van der Waals surface area contributed by atoms with Crippen LogP contribution in [0.5, 0.6) is 0 Å². The van der Waals surface area contributed by atoms with Crippen LogP contribution >= 0.6 is 0 Å². The monoisotopic (exact) mass is 277 g/mol. The van der Waals surface area contributed by atoms with Crippen LogP contribution in [0.25, 0.3) is 0 Å². The first kappa shape index (κ1) is 16.2. The number of amides is 1. The molecule has 0 fully saturated rings. The molecule has 0 bridgehead atoms. The fourth-order valence-corrected chi connectivity index (χ4v) is 1.79. The Morgan fingerprint density at radius 1 is 1.20 bits per heavy atom. The Hall–Kier alpha value is -1.84. The van der Waals surface area contributed by atoms with Crippen LogP contribution < -0.4 is 0 Å². The number of aryl methyl sites for hydroxylation is 1. The van der Waals surface area contributed by atoms with Gasteiger partial charge in [-0.05, 0) is 44.4 Å². The third-order valence-corrected chi connectivity index (χ3v) is 3.69. The van der Waals surface area contributed by atoms with Crippen molar-refractivity contribution in [2.75, 3.05) is 7.05 Å². The molecule has 4 heteroatoms. The van der Waals surface area contributed by atoms with Gasteiger partial charge < -0.3 is 10.0 Å². The van der Waals surface area contributed by atoms with Crippen molar-refractivity contribution in [1.29, 1.82) is 0 Å². The highest BCUT2D eigenvalue weighted by atomic mass is 16.4. The van der Waals surface area contributed by atoms with Gasteiger partial charge in [-0.1, -0.05) is 25.5 Å². The van der Waals surface area contributed by atoms with E-state index in [-0.39, 0.29) is 5.91 Å². The molecule has 1 aromatic carbocycles. The number of rotatable bonds is 6. The molecule has 1 aromatic rings. The predicted octanol–water partition coefficient (Wildman–Crippen LogP) is 2.96. The van der Waals surface area contributed by atoms with Gasteiger partial charge in [0, 0.05) is 12.6 Å². The van der Waals surface area contributed by atoms with E-state index in [0.717, 1.165) is 19.3 Å². The fourth-order valence-electron chi connectivity index (χ4n) is 1.79. The van der Waals surface area contributed by atoms with E-state index in [4.69, 9.17) is 5.11 Å². The van der Waals surface area contributed by atoms with E-state index in [1.54, 1.807) is 12.1 Å². The number of carbonyl (C=O) groups is 2. The maximum absolute atomic E-state index is 12.3. The summed E-state index contributed by atoms with van der Waals surface area (Å²) in [6, 6.07) is 7.40. The molecule has 4 nitrogen and oxygen atoms in total. The second-order valence-electron chi connectivity index (χ2n) is 5.53. The molecule has 0 aliphatic carbocycles. The standard InChI is InChI=1S/C16H23NO3/c1-5-6-7-12-8-10-13(11-9-12)14(18)17(4)16(2,3)15(19)20/h8-11H,5-7H2,1-4H3,(H,19,20). The summed E-state index contributed by atoms with van der Waals surface area (Å²) in [5, 5.41) is 9.15. The molecule has 1 amide bonds. The lowest BCUT2D eigenvalue weighted by Crippen LogP contribution is -2.50. The first-order valence-corrected chi connectivity index (χ1v) is 6.91. The molecule has 0 radical (unpaired) electrons.